The van der Waals surface area contributed by atoms with Crippen LogP contribution in [0.15, 0.2) is 42.5 Å². The van der Waals surface area contributed by atoms with Crippen LogP contribution in [0.4, 0.5) is 0 Å². The number of aliphatic hydroxyl groups is 1. The minimum Gasteiger partial charge on any atom is -0.489 e. The lowest BCUT2D eigenvalue weighted by atomic mass is 10.1. The molecule has 1 N–H and O–H groups in total. The Bertz CT molecular complexity index is 634. The molecule has 0 bridgehead atoms. The molecule has 0 saturated heterocycles. The lowest BCUT2D eigenvalue weighted by Gasteiger charge is -2.16. The number of fused-ring (bicyclic) bond motifs is 1. The molecular weight excluding hydrogens is 264 g/mol. The zero-order valence-corrected chi connectivity index (χ0v) is 12.4. The first kappa shape index (κ1) is 14.0. The molecule has 3 heteroatoms. The van der Waals surface area contributed by atoms with Gasteiger partial charge in [-0.2, -0.15) is 0 Å². The molecule has 0 amide bonds. The van der Waals surface area contributed by atoms with Crippen molar-refractivity contribution in [3.63, 3.8) is 0 Å². The highest BCUT2D eigenvalue weighted by atomic mass is 16.5. The molecule has 0 aliphatic carbocycles. The van der Waals surface area contributed by atoms with Crippen molar-refractivity contribution < 1.29 is 14.6 Å². The summed E-state index contributed by atoms with van der Waals surface area (Å²) in [5.41, 5.74) is 3.30. The Labute approximate surface area is 125 Å². The summed E-state index contributed by atoms with van der Waals surface area (Å²) in [6, 6.07) is 13.8. The minimum absolute atomic E-state index is 0.0313. The molecule has 2 atom stereocenters. The molecule has 21 heavy (non-hydrogen) atoms. The average molecular weight is 284 g/mol. The van der Waals surface area contributed by atoms with Crippen molar-refractivity contribution in [3.8, 4) is 11.5 Å². The van der Waals surface area contributed by atoms with Gasteiger partial charge in [-0.15, -0.1) is 0 Å². The van der Waals surface area contributed by atoms with E-state index in [1.54, 1.807) is 6.92 Å². The summed E-state index contributed by atoms with van der Waals surface area (Å²) in [5.74, 6) is 1.68. The van der Waals surface area contributed by atoms with Crippen LogP contribution in [0.1, 0.15) is 29.7 Å². The highest BCUT2D eigenvalue weighted by molar-refractivity contribution is 5.40. The third-order valence-electron chi connectivity index (χ3n) is 3.75. The van der Waals surface area contributed by atoms with Crippen LogP contribution in [0.25, 0.3) is 0 Å². The smallest absolute Gasteiger partial charge is 0.137 e. The lowest BCUT2D eigenvalue weighted by molar-refractivity contribution is 0.141. The van der Waals surface area contributed by atoms with Gasteiger partial charge in [0, 0.05) is 12.0 Å². The largest absolute Gasteiger partial charge is 0.489 e. The van der Waals surface area contributed by atoms with E-state index in [0.29, 0.717) is 6.61 Å². The third-order valence-corrected chi connectivity index (χ3v) is 3.75. The first-order valence-corrected chi connectivity index (χ1v) is 7.29. The molecule has 0 radical (unpaired) electrons. The quantitative estimate of drug-likeness (QED) is 0.935. The third kappa shape index (κ3) is 3.03. The van der Waals surface area contributed by atoms with E-state index >= 15 is 0 Å². The van der Waals surface area contributed by atoms with E-state index in [1.165, 1.54) is 11.1 Å². The molecule has 1 aliphatic rings. The Morgan fingerprint density at radius 2 is 2.10 bits per heavy atom. The fraction of sp³-hybridized carbons (Fsp3) is 0.333. The molecule has 3 nitrogen and oxygen atoms in total. The van der Waals surface area contributed by atoms with E-state index in [-0.39, 0.29) is 6.10 Å². The number of hydrogen-bond acceptors (Lipinski definition) is 3. The van der Waals surface area contributed by atoms with Gasteiger partial charge in [0.2, 0.25) is 0 Å². The Balaban J connectivity index is 1.65. The molecule has 1 heterocycles. The van der Waals surface area contributed by atoms with E-state index in [1.807, 2.05) is 30.3 Å². The highest BCUT2D eigenvalue weighted by Crippen LogP contribution is 2.30. The van der Waals surface area contributed by atoms with E-state index in [9.17, 15) is 5.11 Å². The first-order chi connectivity index (χ1) is 10.1. The second-order valence-corrected chi connectivity index (χ2v) is 5.58. The molecule has 0 saturated carbocycles. The summed E-state index contributed by atoms with van der Waals surface area (Å²) in [6.07, 6.45) is 0.364. The van der Waals surface area contributed by atoms with Crippen molar-refractivity contribution in [1.29, 1.82) is 0 Å². The number of para-hydroxylation sites is 1. The van der Waals surface area contributed by atoms with E-state index in [4.69, 9.17) is 9.47 Å². The summed E-state index contributed by atoms with van der Waals surface area (Å²) < 4.78 is 11.8. The van der Waals surface area contributed by atoms with Gasteiger partial charge in [0.15, 0.2) is 0 Å². The predicted octanol–water partition coefficient (Wildman–Crippen LogP) is 3.43. The van der Waals surface area contributed by atoms with Gasteiger partial charge in [0.05, 0.1) is 6.10 Å². The molecule has 2 aromatic carbocycles. The van der Waals surface area contributed by atoms with E-state index in [0.717, 1.165) is 23.5 Å². The van der Waals surface area contributed by atoms with Crippen LogP contribution in [0, 0.1) is 6.92 Å². The molecule has 0 fully saturated rings. The van der Waals surface area contributed by atoms with Gasteiger partial charge in [-0.3, -0.25) is 0 Å². The number of aryl methyl sites for hydroxylation is 1. The number of rotatable bonds is 4. The zero-order valence-electron chi connectivity index (χ0n) is 12.4. The molecule has 110 valence electrons. The SMILES string of the molecule is Cc1ccc2c(c1)CC(COc1ccccc1[C@H](C)O)O2. The van der Waals surface area contributed by atoms with Crippen molar-refractivity contribution in [3.05, 3.63) is 59.2 Å². The maximum Gasteiger partial charge on any atom is 0.137 e. The predicted molar refractivity (Wildman–Crippen MR) is 81.9 cm³/mol. The molecule has 1 unspecified atom stereocenters. The lowest BCUT2D eigenvalue weighted by Crippen LogP contribution is -2.22. The summed E-state index contributed by atoms with van der Waals surface area (Å²) in [4.78, 5) is 0. The van der Waals surface area contributed by atoms with Crippen molar-refractivity contribution in [1.82, 2.24) is 0 Å². The number of ether oxygens (including phenoxy) is 2. The van der Waals surface area contributed by atoms with Crippen LogP contribution < -0.4 is 9.47 Å². The van der Waals surface area contributed by atoms with Crippen LogP contribution >= 0.6 is 0 Å². The zero-order chi connectivity index (χ0) is 14.8. The Morgan fingerprint density at radius 3 is 2.90 bits per heavy atom. The summed E-state index contributed by atoms with van der Waals surface area (Å²) in [5, 5.41) is 9.76. The fourth-order valence-corrected chi connectivity index (χ4v) is 2.68. The highest BCUT2D eigenvalue weighted by Gasteiger charge is 2.23. The fourth-order valence-electron chi connectivity index (χ4n) is 2.68. The first-order valence-electron chi connectivity index (χ1n) is 7.29. The maximum absolute atomic E-state index is 9.76. The molecule has 3 rings (SSSR count). The van der Waals surface area contributed by atoms with Crippen LogP contribution in [-0.4, -0.2) is 17.8 Å². The summed E-state index contributed by atoms with van der Waals surface area (Å²) in [7, 11) is 0. The van der Waals surface area contributed by atoms with Gasteiger partial charge in [-0.05, 0) is 31.5 Å². The Morgan fingerprint density at radius 1 is 1.29 bits per heavy atom. The monoisotopic (exact) mass is 284 g/mol. The second-order valence-electron chi connectivity index (χ2n) is 5.58. The topological polar surface area (TPSA) is 38.7 Å². The summed E-state index contributed by atoms with van der Waals surface area (Å²) in [6.45, 7) is 4.31. The van der Waals surface area contributed by atoms with Gasteiger partial charge in [-0.1, -0.05) is 35.9 Å². The Hall–Kier alpha value is -2.00. The van der Waals surface area contributed by atoms with Crippen LogP contribution in [0.5, 0.6) is 11.5 Å². The van der Waals surface area contributed by atoms with Crippen molar-refractivity contribution >= 4 is 0 Å². The van der Waals surface area contributed by atoms with Crippen molar-refractivity contribution in [2.75, 3.05) is 6.61 Å². The van der Waals surface area contributed by atoms with Crippen LogP contribution in [0.3, 0.4) is 0 Å². The van der Waals surface area contributed by atoms with E-state index < -0.39 is 6.10 Å². The molecule has 0 aromatic heterocycles. The van der Waals surface area contributed by atoms with Gasteiger partial charge in [-0.25, -0.2) is 0 Å². The van der Waals surface area contributed by atoms with Gasteiger partial charge < -0.3 is 14.6 Å². The molecule has 0 spiro atoms. The number of aliphatic hydroxyl groups excluding tert-OH is 1. The normalized spacial score (nSPS) is 18.0. The van der Waals surface area contributed by atoms with Crippen LogP contribution in [-0.2, 0) is 6.42 Å². The van der Waals surface area contributed by atoms with Crippen LogP contribution in [0.2, 0.25) is 0 Å². The standard InChI is InChI=1S/C18H20O3/c1-12-7-8-17-14(9-12)10-15(21-17)11-20-18-6-4-3-5-16(18)13(2)19/h3-9,13,15,19H,10-11H2,1-2H3/t13-,15?/m0/s1. The minimum atomic E-state index is -0.537. The average Bonchev–Trinajstić information content (AvgIpc) is 2.87. The van der Waals surface area contributed by atoms with Crippen molar-refractivity contribution in [2.45, 2.75) is 32.5 Å². The van der Waals surface area contributed by atoms with Gasteiger partial charge >= 0.3 is 0 Å². The number of hydrogen-bond donors (Lipinski definition) is 1. The van der Waals surface area contributed by atoms with Gasteiger partial charge in [0.1, 0.15) is 24.2 Å². The summed E-state index contributed by atoms with van der Waals surface area (Å²) >= 11 is 0. The Kier molecular flexibility index (Phi) is 3.84. The molecular formula is C18H20O3. The van der Waals surface area contributed by atoms with E-state index in [2.05, 4.69) is 19.1 Å². The molecule has 1 aliphatic heterocycles. The van der Waals surface area contributed by atoms with Crippen molar-refractivity contribution in [2.24, 2.45) is 0 Å². The number of benzene rings is 2. The maximum atomic E-state index is 9.76. The molecule has 2 aromatic rings. The van der Waals surface area contributed by atoms with Gasteiger partial charge in [0.25, 0.3) is 0 Å². The second kappa shape index (κ2) is 5.78.